The van der Waals surface area contributed by atoms with Gasteiger partial charge >= 0.3 is 0 Å². The Morgan fingerprint density at radius 3 is 3.00 bits per heavy atom. The Bertz CT molecular complexity index is 577. The Kier molecular flexibility index (Phi) is 3.08. The van der Waals surface area contributed by atoms with Crippen LogP contribution < -0.4 is 0 Å². The van der Waals surface area contributed by atoms with Crippen LogP contribution >= 0.6 is 11.6 Å². The number of benzene rings is 1. The summed E-state index contributed by atoms with van der Waals surface area (Å²) in [6.45, 7) is 0.509. The maximum Gasteiger partial charge on any atom is 0.128 e. The molecule has 1 heterocycles. The van der Waals surface area contributed by atoms with Crippen LogP contribution in [0.2, 0.25) is 5.02 Å². The second-order valence-corrected chi connectivity index (χ2v) is 5.15. The van der Waals surface area contributed by atoms with Crippen molar-refractivity contribution in [1.29, 1.82) is 0 Å². The molecule has 1 aromatic carbocycles. The van der Waals surface area contributed by atoms with E-state index in [1.54, 1.807) is 12.1 Å². The van der Waals surface area contributed by atoms with Gasteiger partial charge in [-0.3, -0.25) is 0 Å². The molecular weight excluding hydrogens is 251 g/mol. The molecule has 0 fully saturated rings. The molecule has 0 atom stereocenters. The van der Waals surface area contributed by atoms with Crippen LogP contribution in [0.1, 0.15) is 29.8 Å². The molecule has 1 aliphatic carbocycles. The van der Waals surface area contributed by atoms with Gasteiger partial charge in [0, 0.05) is 16.3 Å². The van der Waals surface area contributed by atoms with E-state index in [0.29, 0.717) is 17.1 Å². The number of hydrogen-bond donors (Lipinski definition) is 0. The van der Waals surface area contributed by atoms with Gasteiger partial charge in [-0.15, -0.1) is 0 Å². The van der Waals surface area contributed by atoms with Gasteiger partial charge in [0.1, 0.15) is 5.82 Å². The molecule has 2 nitrogen and oxygen atoms in total. The first-order valence-electron chi connectivity index (χ1n) is 6.21. The van der Waals surface area contributed by atoms with Crippen molar-refractivity contribution in [3.8, 4) is 0 Å². The molecule has 0 unspecified atom stereocenters. The average Bonchev–Trinajstić information content (AvgIpc) is 2.78. The first-order valence-corrected chi connectivity index (χ1v) is 6.58. The Labute approximate surface area is 110 Å². The van der Waals surface area contributed by atoms with E-state index in [0.717, 1.165) is 12.8 Å². The fourth-order valence-electron chi connectivity index (χ4n) is 2.52. The molecule has 0 amide bonds. The van der Waals surface area contributed by atoms with Crippen LogP contribution in [-0.4, -0.2) is 9.55 Å². The molecule has 0 bridgehead atoms. The minimum absolute atomic E-state index is 0.211. The van der Waals surface area contributed by atoms with Crippen molar-refractivity contribution in [1.82, 2.24) is 9.55 Å². The van der Waals surface area contributed by atoms with Crippen LogP contribution in [0, 0.1) is 5.82 Å². The van der Waals surface area contributed by atoms with Gasteiger partial charge in [0.05, 0.1) is 18.6 Å². The summed E-state index contributed by atoms with van der Waals surface area (Å²) < 4.78 is 15.7. The summed E-state index contributed by atoms with van der Waals surface area (Å²) in [6.07, 6.45) is 6.29. The van der Waals surface area contributed by atoms with Gasteiger partial charge in [0.25, 0.3) is 0 Å². The number of fused-ring (bicyclic) bond motifs is 1. The SMILES string of the molecule is Fc1ccc(Cl)cc1Cn1cnc2c1CCCC2. The van der Waals surface area contributed by atoms with Crippen LogP contribution in [-0.2, 0) is 19.4 Å². The summed E-state index contributed by atoms with van der Waals surface area (Å²) in [5.74, 6) is -0.211. The Hall–Kier alpha value is -1.35. The average molecular weight is 265 g/mol. The molecule has 0 radical (unpaired) electrons. The molecule has 4 heteroatoms. The molecule has 2 aromatic rings. The smallest absolute Gasteiger partial charge is 0.128 e. The predicted octanol–water partition coefficient (Wildman–Crippen LogP) is 3.60. The molecule has 1 aromatic heterocycles. The van der Waals surface area contributed by atoms with Gasteiger partial charge in [-0.05, 0) is 43.9 Å². The monoisotopic (exact) mass is 264 g/mol. The Balaban J connectivity index is 1.92. The Morgan fingerprint density at radius 1 is 1.28 bits per heavy atom. The molecule has 0 N–H and O–H groups in total. The number of halogens is 2. The highest BCUT2D eigenvalue weighted by Crippen LogP contribution is 2.22. The lowest BCUT2D eigenvalue weighted by molar-refractivity contribution is 0.585. The van der Waals surface area contributed by atoms with Crippen molar-refractivity contribution in [3.05, 3.63) is 52.3 Å². The topological polar surface area (TPSA) is 17.8 Å². The highest BCUT2D eigenvalue weighted by molar-refractivity contribution is 6.30. The number of imidazole rings is 1. The van der Waals surface area contributed by atoms with E-state index in [9.17, 15) is 4.39 Å². The molecule has 0 spiro atoms. The quantitative estimate of drug-likeness (QED) is 0.810. The summed E-state index contributed by atoms with van der Waals surface area (Å²) in [4.78, 5) is 4.41. The first kappa shape index (κ1) is 11.7. The number of aryl methyl sites for hydroxylation is 1. The first-order chi connectivity index (χ1) is 8.74. The lowest BCUT2D eigenvalue weighted by atomic mass is 10.0. The second kappa shape index (κ2) is 4.73. The van der Waals surface area contributed by atoms with E-state index in [-0.39, 0.29) is 5.82 Å². The molecule has 1 aliphatic rings. The highest BCUT2D eigenvalue weighted by atomic mass is 35.5. The van der Waals surface area contributed by atoms with Crippen LogP contribution in [0.25, 0.3) is 0 Å². The third-order valence-electron chi connectivity index (χ3n) is 3.46. The maximum absolute atomic E-state index is 13.7. The third-order valence-corrected chi connectivity index (χ3v) is 3.69. The van der Waals surface area contributed by atoms with Gasteiger partial charge in [-0.1, -0.05) is 11.6 Å². The predicted molar refractivity (Wildman–Crippen MR) is 69.4 cm³/mol. The molecule has 0 aliphatic heterocycles. The van der Waals surface area contributed by atoms with Crippen molar-refractivity contribution in [2.24, 2.45) is 0 Å². The minimum atomic E-state index is -0.211. The van der Waals surface area contributed by atoms with Crippen molar-refractivity contribution >= 4 is 11.6 Å². The summed E-state index contributed by atoms with van der Waals surface area (Å²) in [5, 5.41) is 0.570. The van der Waals surface area contributed by atoms with Gasteiger partial charge in [-0.25, -0.2) is 9.37 Å². The molecule has 18 heavy (non-hydrogen) atoms. The maximum atomic E-state index is 13.7. The van der Waals surface area contributed by atoms with E-state index < -0.39 is 0 Å². The number of aromatic nitrogens is 2. The fourth-order valence-corrected chi connectivity index (χ4v) is 2.71. The molecule has 3 rings (SSSR count). The fraction of sp³-hybridized carbons (Fsp3) is 0.357. The zero-order valence-corrected chi connectivity index (χ0v) is 10.8. The molecule has 0 saturated heterocycles. The Morgan fingerprint density at radius 2 is 2.11 bits per heavy atom. The molecular formula is C14H14ClFN2. The number of nitrogens with zero attached hydrogens (tertiary/aromatic N) is 2. The van der Waals surface area contributed by atoms with Crippen molar-refractivity contribution in [3.63, 3.8) is 0 Å². The van der Waals surface area contributed by atoms with E-state index >= 15 is 0 Å². The standard InChI is InChI=1S/C14H14ClFN2/c15-11-5-6-12(16)10(7-11)8-18-9-17-13-3-1-2-4-14(13)18/h5-7,9H,1-4,8H2. The van der Waals surface area contributed by atoms with Gasteiger partial charge < -0.3 is 4.57 Å². The van der Waals surface area contributed by atoms with Gasteiger partial charge in [-0.2, -0.15) is 0 Å². The second-order valence-electron chi connectivity index (χ2n) is 4.71. The van der Waals surface area contributed by atoms with Crippen LogP contribution in [0.3, 0.4) is 0 Å². The summed E-state index contributed by atoms with van der Waals surface area (Å²) in [7, 11) is 0. The van der Waals surface area contributed by atoms with Crippen LogP contribution in [0.5, 0.6) is 0 Å². The summed E-state index contributed by atoms with van der Waals surface area (Å²) in [6, 6.07) is 4.68. The van der Waals surface area contributed by atoms with Crippen molar-refractivity contribution in [2.45, 2.75) is 32.2 Å². The normalized spacial score (nSPS) is 14.6. The largest absolute Gasteiger partial charge is 0.330 e. The van der Waals surface area contributed by atoms with Gasteiger partial charge in [0.2, 0.25) is 0 Å². The molecule has 0 saturated carbocycles. The number of hydrogen-bond acceptors (Lipinski definition) is 1. The van der Waals surface area contributed by atoms with Gasteiger partial charge in [0.15, 0.2) is 0 Å². The third kappa shape index (κ3) is 2.15. The number of rotatable bonds is 2. The van der Waals surface area contributed by atoms with Crippen LogP contribution in [0.15, 0.2) is 24.5 Å². The van der Waals surface area contributed by atoms with E-state index in [4.69, 9.17) is 11.6 Å². The zero-order valence-electron chi connectivity index (χ0n) is 10.00. The lowest BCUT2D eigenvalue weighted by Gasteiger charge is -2.14. The van der Waals surface area contributed by atoms with Crippen LogP contribution in [0.4, 0.5) is 4.39 Å². The minimum Gasteiger partial charge on any atom is -0.330 e. The van der Waals surface area contributed by atoms with Crippen molar-refractivity contribution in [2.75, 3.05) is 0 Å². The summed E-state index contributed by atoms with van der Waals surface area (Å²) in [5.41, 5.74) is 3.04. The van der Waals surface area contributed by atoms with E-state index in [1.165, 1.54) is 30.3 Å². The van der Waals surface area contributed by atoms with Crippen molar-refractivity contribution < 1.29 is 4.39 Å². The lowest BCUT2D eigenvalue weighted by Crippen LogP contribution is -2.09. The van der Waals surface area contributed by atoms with E-state index in [2.05, 4.69) is 4.98 Å². The van der Waals surface area contributed by atoms with E-state index in [1.807, 2.05) is 10.9 Å². The summed E-state index contributed by atoms with van der Waals surface area (Å²) >= 11 is 5.91. The zero-order chi connectivity index (χ0) is 12.5. The molecule has 94 valence electrons. The highest BCUT2D eigenvalue weighted by Gasteiger charge is 2.16.